The molecule has 3 aromatic heterocycles. The van der Waals surface area contributed by atoms with Crippen LogP contribution < -0.4 is 21.1 Å². The van der Waals surface area contributed by atoms with E-state index in [1.54, 1.807) is 17.0 Å². The normalized spacial score (nSPS) is 14.1. The molecular weight excluding hydrogens is 827 g/mol. The summed E-state index contributed by atoms with van der Waals surface area (Å²) in [6.45, 7) is 9.58. The van der Waals surface area contributed by atoms with Crippen LogP contribution in [0.5, 0.6) is 5.75 Å². The molecule has 6 bridgehead atoms. The number of nitrogens with two attached hydrogens (primary N) is 1. The molecule has 5 rings (SSSR count). The van der Waals surface area contributed by atoms with Crippen molar-refractivity contribution >= 4 is 27.9 Å². The van der Waals surface area contributed by atoms with Crippen LogP contribution in [-0.4, -0.2) is 117 Å². The fourth-order valence-electron chi connectivity index (χ4n) is 6.85. The Morgan fingerprint density at radius 1 is 0.698 bits per heavy atom. The molecule has 0 saturated carbocycles. The van der Waals surface area contributed by atoms with Gasteiger partial charge in [0.1, 0.15) is 5.75 Å². The summed E-state index contributed by atoms with van der Waals surface area (Å²) < 4.78 is 37.7. The molecule has 4 heterocycles. The first-order valence-electron chi connectivity index (χ1n) is 21.1. The van der Waals surface area contributed by atoms with Gasteiger partial charge in [-0.1, -0.05) is 32.6 Å². The number of carboxylic acid groups (broad SMARTS) is 1. The third kappa shape index (κ3) is 16.1. The number of nitrogens with zero attached hydrogens (tertiary/aromatic N) is 6. The third-order valence-electron chi connectivity index (χ3n) is 9.89. The number of carbonyl (C=O) groups is 3. The lowest BCUT2D eigenvalue weighted by molar-refractivity contribution is -0.138. The van der Waals surface area contributed by atoms with E-state index in [9.17, 15) is 32.5 Å². The molecule has 0 unspecified atom stereocenters. The first kappa shape index (κ1) is 48.2. The average Bonchev–Trinajstić information content (AvgIpc) is 3.23. The lowest BCUT2D eigenvalue weighted by atomic mass is 10.1. The predicted molar refractivity (Wildman–Crippen MR) is 237 cm³/mol. The standard InChI is InChI=1S/C45H57N9O8S/c1-4-15-47-44(57)34-21-38-26-52(5-2)25-36-19-33(9-8-32-10-12-42(13-11-32)62-17-7-14-46)20-37(49-36)29-54(31-43(55)56)30-41-24-35(45(58)48-16-18-63(59,60)61)23-40(51-41)28-53(6-3)27-39(22-34)50-38/h10-13,19-24H,4-7,14-18,25-31,46H2,1-3H3,(H,47,57)(H,48,58)(H,55,56)(H,59,60,61). The topological polar surface area (TPSA) is 234 Å². The van der Waals surface area contributed by atoms with Crippen molar-refractivity contribution in [3.8, 4) is 17.6 Å². The van der Waals surface area contributed by atoms with Gasteiger partial charge < -0.3 is 26.2 Å². The van der Waals surface area contributed by atoms with Crippen LogP contribution in [0.1, 0.15) is 99.6 Å². The molecule has 0 radical (unpaired) electrons. The zero-order valence-electron chi connectivity index (χ0n) is 36.1. The molecule has 4 aromatic rings. The number of aromatic nitrogens is 3. The van der Waals surface area contributed by atoms with Crippen LogP contribution in [0.3, 0.4) is 0 Å². The highest BCUT2D eigenvalue weighted by Gasteiger charge is 2.21. The maximum Gasteiger partial charge on any atom is 0.317 e. The summed E-state index contributed by atoms with van der Waals surface area (Å²) in [4.78, 5) is 59.9. The maximum absolute atomic E-state index is 13.4. The van der Waals surface area contributed by atoms with E-state index in [0.717, 1.165) is 18.4 Å². The summed E-state index contributed by atoms with van der Waals surface area (Å²) in [7, 11) is -4.32. The van der Waals surface area contributed by atoms with E-state index in [4.69, 9.17) is 25.4 Å². The van der Waals surface area contributed by atoms with Crippen molar-refractivity contribution in [2.45, 2.75) is 72.9 Å². The van der Waals surface area contributed by atoms with E-state index in [0.29, 0.717) is 103 Å². The van der Waals surface area contributed by atoms with E-state index in [2.05, 4.69) is 32.3 Å². The van der Waals surface area contributed by atoms with Gasteiger partial charge in [0.2, 0.25) is 0 Å². The first-order valence-corrected chi connectivity index (χ1v) is 22.7. The van der Waals surface area contributed by atoms with E-state index in [-0.39, 0.29) is 44.2 Å². The van der Waals surface area contributed by atoms with Crippen molar-refractivity contribution in [3.05, 3.63) is 117 Å². The first-order chi connectivity index (χ1) is 30.2. The lowest BCUT2D eigenvalue weighted by Crippen LogP contribution is -2.32. The minimum absolute atomic E-state index is 0.0189. The monoisotopic (exact) mass is 883 g/mol. The molecule has 0 aliphatic carbocycles. The number of amides is 2. The molecule has 0 atom stereocenters. The van der Waals surface area contributed by atoms with Gasteiger partial charge in [-0.15, -0.1) is 0 Å². The summed E-state index contributed by atoms with van der Waals surface area (Å²) in [6.07, 6.45) is 1.52. The molecule has 0 saturated heterocycles. The number of nitrogens with one attached hydrogen (secondary N) is 2. The van der Waals surface area contributed by atoms with Crippen molar-refractivity contribution in [1.29, 1.82) is 0 Å². The van der Waals surface area contributed by atoms with Gasteiger partial charge >= 0.3 is 5.97 Å². The van der Waals surface area contributed by atoms with Crippen LogP contribution in [0, 0.1) is 11.8 Å². The molecule has 0 spiro atoms. The Balaban J connectivity index is 1.60. The van der Waals surface area contributed by atoms with Crippen molar-refractivity contribution in [2.75, 3.05) is 51.6 Å². The molecule has 336 valence electrons. The number of fused-ring (bicyclic) bond motifs is 6. The molecule has 1 aromatic carbocycles. The number of hydrogen-bond acceptors (Lipinski definition) is 13. The summed E-state index contributed by atoms with van der Waals surface area (Å²) in [5.41, 5.74) is 11.2. The quantitative estimate of drug-likeness (QED) is 0.0656. The van der Waals surface area contributed by atoms with Crippen LogP contribution in [-0.2, 0) is 54.2 Å². The minimum Gasteiger partial charge on any atom is -0.494 e. The van der Waals surface area contributed by atoms with Gasteiger partial charge in [-0.2, -0.15) is 8.42 Å². The Labute approximate surface area is 369 Å². The number of carbonyl (C=O) groups excluding carboxylic acids is 2. The van der Waals surface area contributed by atoms with Crippen LogP contribution in [0.4, 0.5) is 0 Å². The number of ether oxygens (including phenoxy) is 1. The second-order valence-electron chi connectivity index (χ2n) is 15.2. The smallest absolute Gasteiger partial charge is 0.317 e. The van der Waals surface area contributed by atoms with E-state index >= 15 is 0 Å². The average molecular weight is 884 g/mol. The van der Waals surface area contributed by atoms with Gasteiger partial charge in [-0.25, -0.2) is 0 Å². The second kappa shape index (κ2) is 23.6. The summed E-state index contributed by atoms with van der Waals surface area (Å²) in [5, 5.41) is 15.6. The Bertz CT molecular complexity index is 2390. The Morgan fingerprint density at radius 3 is 1.57 bits per heavy atom. The predicted octanol–water partition coefficient (Wildman–Crippen LogP) is 3.20. The molecule has 63 heavy (non-hydrogen) atoms. The van der Waals surface area contributed by atoms with Crippen molar-refractivity contribution in [3.63, 3.8) is 0 Å². The zero-order chi connectivity index (χ0) is 45.4. The van der Waals surface area contributed by atoms with Crippen molar-refractivity contribution in [2.24, 2.45) is 5.73 Å². The largest absolute Gasteiger partial charge is 0.494 e. The lowest BCUT2D eigenvalue weighted by Gasteiger charge is -2.25. The number of rotatable bonds is 15. The molecule has 1 aliphatic heterocycles. The highest BCUT2D eigenvalue weighted by molar-refractivity contribution is 7.85. The van der Waals surface area contributed by atoms with E-state index in [1.807, 2.05) is 63.2 Å². The van der Waals surface area contributed by atoms with E-state index in [1.165, 1.54) is 6.07 Å². The number of hydrogen-bond donors (Lipinski definition) is 5. The van der Waals surface area contributed by atoms with E-state index < -0.39 is 27.7 Å². The van der Waals surface area contributed by atoms with Crippen LogP contribution >= 0.6 is 0 Å². The van der Waals surface area contributed by atoms with Crippen LogP contribution in [0.25, 0.3) is 0 Å². The van der Waals surface area contributed by atoms with Gasteiger partial charge in [-0.3, -0.25) is 48.6 Å². The molecular formula is C45H57N9O8S. The van der Waals surface area contributed by atoms with Crippen molar-refractivity contribution < 1.29 is 37.2 Å². The maximum atomic E-state index is 13.4. The summed E-state index contributed by atoms with van der Waals surface area (Å²) >= 11 is 0. The van der Waals surface area contributed by atoms with Gasteiger partial charge in [-0.05, 0) is 93.1 Å². The van der Waals surface area contributed by atoms with Gasteiger partial charge in [0.15, 0.2) is 0 Å². The third-order valence-corrected chi connectivity index (χ3v) is 10.6. The number of pyridine rings is 3. The molecule has 2 amide bonds. The highest BCUT2D eigenvalue weighted by atomic mass is 32.2. The highest BCUT2D eigenvalue weighted by Crippen LogP contribution is 2.19. The molecule has 18 heteroatoms. The molecule has 0 fully saturated rings. The van der Waals surface area contributed by atoms with Gasteiger partial charge in [0, 0.05) is 74.6 Å². The Hall–Kier alpha value is -5.81. The van der Waals surface area contributed by atoms with Gasteiger partial charge in [0.25, 0.3) is 21.9 Å². The summed E-state index contributed by atoms with van der Waals surface area (Å²) in [6, 6.07) is 17.9. The van der Waals surface area contributed by atoms with Crippen LogP contribution in [0.2, 0.25) is 0 Å². The molecule has 1 aliphatic rings. The Morgan fingerprint density at radius 2 is 1.14 bits per heavy atom. The van der Waals surface area contributed by atoms with Crippen molar-refractivity contribution in [1.82, 2.24) is 40.3 Å². The Kier molecular flexibility index (Phi) is 18.1. The van der Waals surface area contributed by atoms with Gasteiger partial charge in [0.05, 0.1) is 53.1 Å². The number of carboxylic acids is 1. The molecule has 17 nitrogen and oxygen atoms in total. The second-order valence-corrected chi connectivity index (χ2v) is 16.8. The minimum atomic E-state index is -4.32. The SMILES string of the molecule is CCCNC(=O)c1cc2nc(c1)CN(CC)Cc1cc(C(=O)NCCS(=O)(=O)O)cc(n1)CN(CC(=O)O)Cc1cc(C#Cc3ccc(OCCCN)cc3)cc(n1)CN(CC)C2. The number of aliphatic carboxylic acids is 1. The number of benzene rings is 1. The fourth-order valence-corrected chi connectivity index (χ4v) is 7.21. The summed E-state index contributed by atoms with van der Waals surface area (Å²) in [5.74, 6) is 4.67. The zero-order valence-corrected chi connectivity index (χ0v) is 36.9. The van der Waals surface area contributed by atoms with Crippen LogP contribution in [0.15, 0.2) is 60.7 Å². The fraction of sp³-hybridized carbons (Fsp3) is 0.422. The molecule has 6 N–H and O–H groups in total.